The first kappa shape index (κ1) is 14.6. The van der Waals surface area contributed by atoms with E-state index in [2.05, 4.69) is 29.8 Å². The van der Waals surface area contributed by atoms with Gasteiger partial charge in [-0.25, -0.2) is 0 Å². The van der Waals surface area contributed by atoms with E-state index in [4.69, 9.17) is 10.5 Å². The lowest BCUT2D eigenvalue weighted by Crippen LogP contribution is -2.35. The Morgan fingerprint density at radius 2 is 1.59 bits per heavy atom. The molecule has 0 N–H and O–H groups in total. The van der Waals surface area contributed by atoms with Crippen LogP contribution >= 0.6 is 0 Å². The molecule has 3 heteroatoms. The van der Waals surface area contributed by atoms with Gasteiger partial charge in [-0.2, -0.15) is 10.5 Å². The molecule has 0 saturated heterocycles. The first-order valence-electron chi connectivity index (χ1n) is 5.32. The fraction of sp³-hybridized carbons (Fsp3) is 0.429. The maximum atomic E-state index is 9.08. The lowest BCUT2D eigenvalue weighted by atomic mass is 10.2. The minimum absolute atomic E-state index is 0.230. The molecule has 0 heterocycles. The minimum Gasteiger partial charge on any atom is -0.358 e. The summed E-state index contributed by atoms with van der Waals surface area (Å²) in [7, 11) is 0. The van der Waals surface area contributed by atoms with E-state index in [1.54, 1.807) is 6.07 Å². The summed E-state index contributed by atoms with van der Waals surface area (Å²) in [5.74, 6) is 9.69. The van der Waals surface area contributed by atoms with E-state index in [9.17, 15) is 0 Å². The zero-order valence-electron chi connectivity index (χ0n) is 10.6. The molecule has 0 aromatic rings. The predicted octanol–water partition coefficient (Wildman–Crippen LogP) is 2.04. The summed E-state index contributed by atoms with van der Waals surface area (Å²) in [5, 5.41) is 17.3. The molecule has 0 aromatic heterocycles. The molecule has 0 saturated carbocycles. The van der Waals surface area contributed by atoms with Crippen molar-refractivity contribution in [2.45, 2.75) is 39.8 Å². The smallest absolute Gasteiger partial charge is 0.153 e. The molecule has 0 spiro atoms. The summed E-state index contributed by atoms with van der Waals surface area (Å²) < 4.78 is 0. The largest absolute Gasteiger partial charge is 0.358 e. The van der Waals surface area contributed by atoms with Crippen molar-refractivity contribution in [3.05, 3.63) is 11.8 Å². The van der Waals surface area contributed by atoms with Crippen LogP contribution in [0, 0.1) is 46.3 Å². The summed E-state index contributed by atoms with van der Waals surface area (Å²) in [4.78, 5) is 1.98. The van der Waals surface area contributed by atoms with Crippen molar-refractivity contribution < 1.29 is 0 Å². The lowest BCUT2D eigenvalue weighted by molar-refractivity contribution is 0.241. The average molecular weight is 225 g/mol. The Balaban J connectivity index is 5.06. The van der Waals surface area contributed by atoms with E-state index in [1.807, 2.05) is 32.6 Å². The van der Waals surface area contributed by atoms with E-state index < -0.39 is 0 Å². The molecule has 0 aliphatic heterocycles. The molecule has 0 atom stereocenters. The van der Waals surface area contributed by atoms with Crippen LogP contribution in [0.4, 0.5) is 0 Å². The van der Waals surface area contributed by atoms with Crippen LogP contribution in [-0.4, -0.2) is 17.0 Å². The van der Waals surface area contributed by atoms with Gasteiger partial charge < -0.3 is 4.90 Å². The number of hydrogen-bond acceptors (Lipinski definition) is 3. The van der Waals surface area contributed by atoms with Crippen LogP contribution in [0.15, 0.2) is 11.8 Å². The Hall–Kier alpha value is -2.36. The van der Waals surface area contributed by atoms with Gasteiger partial charge in [0.25, 0.3) is 0 Å². The average Bonchev–Trinajstić information content (AvgIpc) is 2.25. The summed E-state index contributed by atoms with van der Waals surface area (Å²) in [6, 6.07) is 4.26. The number of nitrogens with zero attached hydrogens (tertiary/aromatic N) is 3. The third-order valence-corrected chi connectivity index (χ3v) is 1.97. The Morgan fingerprint density at radius 3 is 2.00 bits per heavy atom. The van der Waals surface area contributed by atoms with Crippen LogP contribution in [0.25, 0.3) is 0 Å². The first-order chi connectivity index (χ1) is 8.04. The monoisotopic (exact) mass is 225 g/mol. The molecule has 0 rings (SSSR count). The molecule has 3 nitrogen and oxygen atoms in total. The number of hydrogen-bond donors (Lipinski definition) is 0. The Morgan fingerprint density at radius 1 is 1.00 bits per heavy atom. The third kappa shape index (κ3) is 5.32. The van der Waals surface area contributed by atoms with Crippen molar-refractivity contribution in [2.24, 2.45) is 0 Å². The Labute approximate surface area is 103 Å². The second-order valence-corrected chi connectivity index (χ2v) is 3.87. The fourth-order valence-corrected chi connectivity index (χ4v) is 1.52. The molecule has 0 unspecified atom stereocenters. The molecular formula is C14H15N3. The van der Waals surface area contributed by atoms with Gasteiger partial charge in [0.15, 0.2) is 6.07 Å². The lowest BCUT2D eigenvalue weighted by Gasteiger charge is -2.31. The van der Waals surface area contributed by atoms with Crippen LogP contribution in [0.2, 0.25) is 0 Å². The molecule has 0 aliphatic rings. The minimum atomic E-state index is 0.230. The molecule has 0 amide bonds. The van der Waals surface area contributed by atoms with Crippen molar-refractivity contribution in [3.8, 4) is 35.8 Å². The van der Waals surface area contributed by atoms with E-state index in [-0.39, 0.29) is 12.1 Å². The highest BCUT2D eigenvalue weighted by molar-refractivity contribution is 5.38. The van der Waals surface area contributed by atoms with Crippen LogP contribution < -0.4 is 0 Å². The van der Waals surface area contributed by atoms with Gasteiger partial charge in [-0.05, 0) is 33.6 Å². The fourth-order valence-electron chi connectivity index (χ4n) is 1.52. The zero-order chi connectivity index (χ0) is 13.3. The van der Waals surface area contributed by atoms with Gasteiger partial charge in [-0.15, -0.1) is 0 Å². The molecule has 17 heavy (non-hydrogen) atoms. The predicted molar refractivity (Wildman–Crippen MR) is 67.0 cm³/mol. The van der Waals surface area contributed by atoms with Gasteiger partial charge in [0.05, 0.1) is 0 Å². The summed E-state index contributed by atoms with van der Waals surface area (Å²) in [6.07, 6.45) is 1.53. The summed E-state index contributed by atoms with van der Waals surface area (Å²) in [5.41, 5.74) is 0.515. The van der Waals surface area contributed by atoms with Crippen molar-refractivity contribution in [1.29, 1.82) is 10.5 Å². The Kier molecular flexibility index (Phi) is 6.78. The number of allylic oxidation sites excluding steroid dienone is 2. The summed E-state index contributed by atoms with van der Waals surface area (Å²) >= 11 is 0. The van der Waals surface area contributed by atoms with Gasteiger partial charge >= 0.3 is 0 Å². The molecule has 0 aromatic carbocycles. The second kappa shape index (κ2) is 7.87. The van der Waals surface area contributed by atoms with Gasteiger partial charge in [-0.3, -0.25) is 0 Å². The Bertz CT molecular complexity index is 468. The van der Waals surface area contributed by atoms with Gasteiger partial charge in [0.2, 0.25) is 0 Å². The molecule has 0 bridgehead atoms. The molecule has 86 valence electrons. The second-order valence-electron chi connectivity index (χ2n) is 3.87. The summed E-state index contributed by atoms with van der Waals surface area (Å²) in [6.45, 7) is 8.09. The molecular weight excluding hydrogens is 210 g/mol. The van der Waals surface area contributed by atoms with Crippen LogP contribution in [-0.2, 0) is 0 Å². The van der Waals surface area contributed by atoms with Crippen LogP contribution in [0.5, 0.6) is 0 Å². The van der Waals surface area contributed by atoms with Gasteiger partial charge in [-0.1, -0.05) is 5.92 Å². The maximum Gasteiger partial charge on any atom is 0.153 e. The molecule has 0 aliphatic carbocycles. The van der Waals surface area contributed by atoms with Crippen LogP contribution in [0.3, 0.4) is 0 Å². The van der Waals surface area contributed by atoms with Gasteiger partial charge in [0, 0.05) is 30.0 Å². The SMILES string of the molecule is CC(C)N(/C(C#N)=C\C#CC#CC#N)C(C)C. The van der Waals surface area contributed by atoms with Crippen molar-refractivity contribution in [1.82, 2.24) is 4.90 Å². The van der Waals surface area contributed by atoms with Gasteiger partial charge in [0.1, 0.15) is 11.8 Å². The van der Waals surface area contributed by atoms with Crippen molar-refractivity contribution in [2.75, 3.05) is 0 Å². The van der Waals surface area contributed by atoms with E-state index in [0.717, 1.165) is 0 Å². The maximum absolute atomic E-state index is 9.08. The quantitative estimate of drug-likeness (QED) is 0.545. The van der Waals surface area contributed by atoms with E-state index in [1.165, 1.54) is 6.08 Å². The third-order valence-electron chi connectivity index (χ3n) is 1.97. The highest BCUT2D eigenvalue weighted by Gasteiger charge is 2.15. The molecule has 0 radical (unpaired) electrons. The first-order valence-corrected chi connectivity index (χ1v) is 5.32. The van der Waals surface area contributed by atoms with E-state index >= 15 is 0 Å². The highest BCUT2D eigenvalue weighted by Crippen LogP contribution is 2.12. The topological polar surface area (TPSA) is 50.8 Å². The zero-order valence-corrected chi connectivity index (χ0v) is 10.6. The number of rotatable bonds is 3. The normalized spacial score (nSPS) is 9.53. The number of nitriles is 2. The van der Waals surface area contributed by atoms with Crippen molar-refractivity contribution in [3.63, 3.8) is 0 Å². The molecule has 0 fully saturated rings. The standard InChI is InChI=1S/C14H15N3/c1-12(2)17(13(3)4)14(11-16)9-7-5-6-8-10-15/h9,12-13H,1-4H3/b14-9-. The van der Waals surface area contributed by atoms with Crippen molar-refractivity contribution >= 4 is 0 Å². The highest BCUT2D eigenvalue weighted by atomic mass is 15.2. The van der Waals surface area contributed by atoms with E-state index in [0.29, 0.717) is 5.70 Å². The van der Waals surface area contributed by atoms with Crippen LogP contribution in [0.1, 0.15) is 27.7 Å².